The summed E-state index contributed by atoms with van der Waals surface area (Å²) in [5.74, 6) is 2.34. The fraction of sp³-hybridized carbons (Fsp3) is 0.345. The molecule has 6 rings (SSSR count). The number of Topliss-reactive ketones (excluding diaryl/α,β-unsaturated/α-hetero) is 1. The van der Waals surface area contributed by atoms with E-state index >= 15 is 0 Å². The summed E-state index contributed by atoms with van der Waals surface area (Å²) in [6.07, 6.45) is 7.57. The molecule has 0 saturated heterocycles. The molecule has 2 aliphatic carbocycles. The van der Waals surface area contributed by atoms with Gasteiger partial charge in [0.15, 0.2) is 0 Å². The van der Waals surface area contributed by atoms with Crippen LogP contribution in [0, 0.1) is 17.2 Å². The summed E-state index contributed by atoms with van der Waals surface area (Å²) < 4.78 is 9.76. The number of carbonyl (C=O) groups is 1. The fourth-order valence-corrected chi connectivity index (χ4v) is 5.02. The Morgan fingerprint density at radius 1 is 1.18 bits per heavy atom. The number of nitriles is 1. The summed E-state index contributed by atoms with van der Waals surface area (Å²) in [7, 11) is 1.89. The Labute approximate surface area is 219 Å². The van der Waals surface area contributed by atoms with E-state index in [1.807, 2.05) is 46.6 Å². The second-order valence-electron chi connectivity index (χ2n) is 10.4. The zero-order chi connectivity index (χ0) is 26.4. The number of ketones is 1. The molecule has 2 aliphatic rings. The Bertz CT molecular complexity index is 1650. The van der Waals surface area contributed by atoms with Crippen molar-refractivity contribution < 1.29 is 9.53 Å². The number of benzene rings is 1. The normalized spacial score (nSPS) is 18.6. The lowest BCUT2D eigenvalue weighted by molar-refractivity contribution is -0.116. The third-order valence-electron chi connectivity index (χ3n) is 7.35. The zero-order valence-electron chi connectivity index (χ0n) is 21.3. The molecule has 2 fully saturated rings. The third-order valence-corrected chi connectivity index (χ3v) is 7.35. The van der Waals surface area contributed by atoms with Gasteiger partial charge in [-0.15, -0.1) is 0 Å². The van der Waals surface area contributed by atoms with Crippen molar-refractivity contribution in [2.45, 2.75) is 51.0 Å². The van der Waals surface area contributed by atoms with Crippen LogP contribution < -0.4 is 15.6 Å². The maximum Gasteiger partial charge on any atom is 0.274 e. The quantitative estimate of drug-likeness (QED) is 0.350. The predicted molar refractivity (Wildman–Crippen MR) is 143 cm³/mol. The van der Waals surface area contributed by atoms with Crippen molar-refractivity contribution in [2.75, 3.05) is 5.32 Å². The Morgan fingerprint density at radius 2 is 1.97 bits per heavy atom. The number of pyridine rings is 2. The van der Waals surface area contributed by atoms with Crippen LogP contribution in [-0.4, -0.2) is 24.9 Å². The molecule has 9 nitrogen and oxygen atoms in total. The van der Waals surface area contributed by atoms with E-state index in [4.69, 9.17) is 9.72 Å². The minimum atomic E-state index is -0.0917. The lowest BCUT2D eigenvalue weighted by atomic mass is 9.81. The van der Waals surface area contributed by atoms with Crippen LogP contribution in [0.1, 0.15) is 55.8 Å². The number of nitrogens with one attached hydrogen (secondary N) is 1. The number of aryl methyl sites for hydroxylation is 1. The Kier molecular flexibility index (Phi) is 5.95. The number of hydrogen-bond acceptors (Lipinski definition) is 7. The van der Waals surface area contributed by atoms with Crippen LogP contribution >= 0.6 is 0 Å². The Hall–Kier alpha value is -4.45. The Balaban J connectivity index is 1.28. The predicted octanol–water partition coefficient (Wildman–Crippen LogP) is 5.15. The molecule has 0 spiro atoms. The van der Waals surface area contributed by atoms with Crippen LogP contribution in [0.5, 0.6) is 11.5 Å². The van der Waals surface area contributed by atoms with Crippen molar-refractivity contribution in [3.8, 4) is 17.6 Å². The molecule has 1 N–H and O–H groups in total. The maximum absolute atomic E-state index is 13.4. The summed E-state index contributed by atoms with van der Waals surface area (Å²) in [5.41, 5.74) is 3.84. The topological polar surface area (TPSA) is 115 Å². The molecule has 4 aromatic rings. The van der Waals surface area contributed by atoms with Gasteiger partial charge in [-0.2, -0.15) is 5.26 Å². The molecule has 38 heavy (non-hydrogen) atoms. The number of carbonyl (C=O) groups excluding carboxylic acids is 1. The highest BCUT2D eigenvalue weighted by Gasteiger charge is 2.33. The van der Waals surface area contributed by atoms with Crippen molar-refractivity contribution in [3.63, 3.8) is 0 Å². The van der Waals surface area contributed by atoms with Crippen LogP contribution in [0.15, 0.2) is 53.6 Å². The van der Waals surface area contributed by atoms with E-state index < -0.39 is 0 Å². The number of anilines is 2. The van der Waals surface area contributed by atoms with Gasteiger partial charge in [0.1, 0.15) is 23.0 Å². The lowest BCUT2D eigenvalue weighted by Crippen LogP contribution is -2.34. The molecule has 0 amide bonds. The summed E-state index contributed by atoms with van der Waals surface area (Å²) >= 11 is 0. The van der Waals surface area contributed by atoms with E-state index in [1.165, 1.54) is 6.92 Å². The summed E-state index contributed by atoms with van der Waals surface area (Å²) in [4.78, 5) is 33.8. The van der Waals surface area contributed by atoms with Crippen molar-refractivity contribution in [2.24, 2.45) is 13.0 Å². The molecule has 192 valence electrons. The molecule has 2 saturated carbocycles. The minimum Gasteiger partial charge on any atom is -0.457 e. The van der Waals surface area contributed by atoms with Gasteiger partial charge in [-0.05, 0) is 68.4 Å². The van der Waals surface area contributed by atoms with Gasteiger partial charge in [0, 0.05) is 44.0 Å². The molecule has 9 heteroatoms. The lowest BCUT2D eigenvalue weighted by Gasteiger charge is -2.32. The van der Waals surface area contributed by atoms with Crippen molar-refractivity contribution in [1.82, 2.24) is 19.1 Å². The molecule has 3 heterocycles. The van der Waals surface area contributed by atoms with Crippen molar-refractivity contribution >= 4 is 28.5 Å². The second-order valence-corrected chi connectivity index (χ2v) is 10.4. The summed E-state index contributed by atoms with van der Waals surface area (Å²) in [5, 5.41) is 12.5. The Morgan fingerprint density at radius 3 is 2.71 bits per heavy atom. The highest BCUT2D eigenvalue weighted by atomic mass is 16.5. The third kappa shape index (κ3) is 4.65. The number of imidazole rings is 1. The van der Waals surface area contributed by atoms with Gasteiger partial charge in [0.2, 0.25) is 5.95 Å². The molecule has 0 unspecified atom stereocenters. The van der Waals surface area contributed by atoms with E-state index in [9.17, 15) is 14.9 Å². The average Bonchev–Trinajstić information content (AvgIpc) is 3.66. The van der Waals surface area contributed by atoms with E-state index in [1.54, 1.807) is 18.3 Å². The number of ether oxygens (including phenoxy) is 1. The van der Waals surface area contributed by atoms with Gasteiger partial charge in [-0.25, -0.2) is 4.98 Å². The summed E-state index contributed by atoms with van der Waals surface area (Å²) in [6, 6.07) is 13.5. The number of nitrogens with zero attached hydrogens (tertiary/aromatic N) is 5. The van der Waals surface area contributed by atoms with Gasteiger partial charge < -0.3 is 19.2 Å². The highest BCUT2D eigenvalue weighted by molar-refractivity contribution is 5.81. The molecular weight excluding hydrogens is 480 g/mol. The van der Waals surface area contributed by atoms with E-state index in [0.717, 1.165) is 29.4 Å². The summed E-state index contributed by atoms with van der Waals surface area (Å²) in [6.45, 7) is 1.53. The first-order chi connectivity index (χ1) is 18.4. The zero-order valence-corrected chi connectivity index (χ0v) is 21.3. The first kappa shape index (κ1) is 23.9. The standard InChI is InChI=1S/C29H28N6O3/c1-17(36)9-21-13-24(7-8-31-21)38-23-5-6-25-27(14-23)34(2)29(32-25)33-26-12-20(19-3-4-19)16-35(28(26)37)22-10-18(11-22)15-30/h5-8,12-14,16,18-19,22H,3-4,9-11H2,1-2H3,(H,32,33). The number of fused-ring (bicyclic) bond motifs is 1. The van der Waals surface area contributed by atoms with Crippen molar-refractivity contribution in [1.29, 1.82) is 5.26 Å². The molecule has 0 bridgehead atoms. The smallest absolute Gasteiger partial charge is 0.274 e. The van der Waals surface area contributed by atoms with Gasteiger partial charge >= 0.3 is 0 Å². The minimum absolute atomic E-state index is 0.0250. The molecule has 1 aromatic carbocycles. The monoisotopic (exact) mass is 508 g/mol. The number of rotatable bonds is 8. The highest BCUT2D eigenvalue weighted by Crippen LogP contribution is 2.42. The maximum atomic E-state index is 13.4. The van der Waals surface area contributed by atoms with Gasteiger partial charge in [0.05, 0.1) is 28.7 Å². The number of hydrogen-bond donors (Lipinski definition) is 1. The van der Waals surface area contributed by atoms with E-state index in [0.29, 0.717) is 47.6 Å². The molecule has 0 radical (unpaired) electrons. The van der Waals surface area contributed by atoms with Gasteiger partial charge in [-0.1, -0.05) is 0 Å². The number of aromatic nitrogens is 4. The molecular formula is C29H28N6O3. The van der Waals surface area contributed by atoms with E-state index in [2.05, 4.69) is 16.4 Å². The average molecular weight is 509 g/mol. The molecule has 0 atom stereocenters. The van der Waals surface area contributed by atoms with Crippen molar-refractivity contribution in [3.05, 3.63) is 70.4 Å². The van der Waals surface area contributed by atoms with Crippen LogP contribution in [-0.2, 0) is 18.3 Å². The van der Waals surface area contributed by atoms with E-state index in [-0.39, 0.29) is 29.7 Å². The largest absolute Gasteiger partial charge is 0.457 e. The molecule has 0 aliphatic heterocycles. The molecule has 3 aromatic heterocycles. The van der Waals surface area contributed by atoms with Gasteiger partial charge in [-0.3, -0.25) is 14.6 Å². The first-order valence-electron chi connectivity index (χ1n) is 12.9. The van der Waals surface area contributed by atoms with Crippen LogP contribution in [0.25, 0.3) is 11.0 Å². The second kappa shape index (κ2) is 9.45. The first-order valence-corrected chi connectivity index (χ1v) is 12.9. The van der Waals surface area contributed by atoms with Crippen LogP contribution in [0.3, 0.4) is 0 Å². The van der Waals surface area contributed by atoms with Crippen LogP contribution in [0.4, 0.5) is 11.6 Å². The SMILES string of the molecule is CC(=O)Cc1cc(Oc2ccc3nc(Nc4cc(C5CC5)cn(C5CC(C#N)C5)c4=O)n(C)c3c2)ccn1. The van der Waals surface area contributed by atoms with Gasteiger partial charge in [0.25, 0.3) is 5.56 Å². The fourth-order valence-electron chi connectivity index (χ4n) is 5.02. The van der Waals surface area contributed by atoms with Crippen LogP contribution in [0.2, 0.25) is 0 Å².